The van der Waals surface area contributed by atoms with Crippen molar-refractivity contribution >= 4 is 45.4 Å². The van der Waals surface area contributed by atoms with Gasteiger partial charge in [-0.2, -0.15) is 0 Å². The van der Waals surface area contributed by atoms with Crippen LogP contribution in [0.1, 0.15) is 70.6 Å². The van der Waals surface area contributed by atoms with Gasteiger partial charge in [-0.3, -0.25) is 14.4 Å². The molecule has 1 aromatic heterocycles. The molecule has 4 heterocycles. The molecule has 18 heteroatoms. The molecule has 3 aliphatic rings. The van der Waals surface area contributed by atoms with Crippen molar-refractivity contribution in [2.75, 3.05) is 51.5 Å². The molecule has 13 nitrogen and oxygen atoms in total. The van der Waals surface area contributed by atoms with Crippen molar-refractivity contribution in [2.45, 2.75) is 67.7 Å². The van der Waals surface area contributed by atoms with E-state index in [1.807, 2.05) is 41.5 Å². The summed E-state index contributed by atoms with van der Waals surface area (Å²) in [5.74, 6) is -0.962. The standard InChI is InChI=1S/C21H30N2O5.C10H8N2O2.C6H13BrO2.CH4.4Ar/c1-7-15-18-19(20(24)22(15)12-14(6)26-9-3)16(8-2)23(21(18)25)13-17(27-10-4)28-11-5;1-3-5-7-8(10(14)11-5)6(4-2)12-9(7)13;1-3-8-6(5-7)9-4-2;;;;;/h7-8,14,17H,1-2,9-13H2,3-6H3;3-4,11,14H,1-2H2;6H,3-5H2,1-2H3;1H4;;;;. The Labute approximate surface area is 461 Å². The maximum atomic E-state index is 13.2. The maximum absolute atomic E-state index is 13.2. The quantitative estimate of drug-likeness (QED) is 0.121. The largest absolute Gasteiger partial charge is 0.494 e. The first-order valence-corrected chi connectivity index (χ1v) is 17.9. The Kier molecular flexibility index (Phi) is 38.4. The van der Waals surface area contributed by atoms with Gasteiger partial charge in [-0.15, -0.1) is 0 Å². The Morgan fingerprint density at radius 1 is 0.696 bits per heavy atom. The monoisotopic (exact) mass is 950 g/mol. The average Bonchev–Trinajstić information content (AvgIpc) is 3.80. The second-order valence-electron chi connectivity index (χ2n) is 10.7. The van der Waals surface area contributed by atoms with E-state index in [9.17, 15) is 19.5 Å². The van der Waals surface area contributed by atoms with Gasteiger partial charge in [0.1, 0.15) is 0 Å². The van der Waals surface area contributed by atoms with Crippen LogP contribution in [-0.2, 0) is 33.3 Å². The number of hydrogen-bond acceptors (Lipinski definition) is 9. The van der Waals surface area contributed by atoms with Crippen molar-refractivity contribution in [1.82, 2.24) is 14.8 Å². The van der Waals surface area contributed by atoms with E-state index in [2.05, 4.69) is 52.2 Å². The number of ether oxygens (including phenoxy) is 5. The third-order valence-corrected chi connectivity index (χ3v) is 8.03. The van der Waals surface area contributed by atoms with Crippen molar-refractivity contribution in [1.29, 1.82) is 0 Å². The van der Waals surface area contributed by atoms with Crippen LogP contribution < -0.4 is 0 Å². The van der Waals surface area contributed by atoms with Crippen LogP contribution >= 0.6 is 15.9 Å². The van der Waals surface area contributed by atoms with Gasteiger partial charge < -0.3 is 43.6 Å². The smallest absolute Gasteiger partial charge is 0.280 e. The Hall–Kier alpha value is 1.12. The molecule has 0 saturated carbocycles. The van der Waals surface area contributed by atoms with Crippen LogP contribution in [0, 0.1) is 151 Å². The number of rotatable bonds is 19. The van der Waals surface area contributed by atoms with E-state index in [-0.39, 0.29) is 201 Å². The minimum Gasteiger partial charge on any atom is -0.494 e. The summed E-state index contributed by atoms with van der Waals surface area (Å²) in [5.41, 5.74) is 3.35. The summed E-state index contributed by atoms with van der Waals surface area (Å²) < 4.78 is 27.0. The molecule has 1 unspecified atom stereocenters. The van der Waals surface area contributed by atoms with Crippen LogP contribution in [0.25, 0.3) is 6.08 Å². The summed E-state index contributed by atoms with van der Waals surface area (Å²) in [5, 5.41) is 10.3. The van der Waals surface area contributed by atoms with Gasteiger partial charge in [0.05, 0.1) is 69.6 Å². The van der Waals surface area contributed by atoms with Crippen molar-refractivity contribution in [2.24, 2.45) is 4.99 Å². The zero-order valence-electron chi connectivity index (χ0n) is 31.9. The third-order valence-electron chi connectivity index (χ3n) is 7.51. The molecule has 0 spiro atoms. The molecule has 0 aliphatic carbocycles. The van der Waals surface area contributed by atoms with Gasteiger partial charge in [0.25, 0.3) is 17.7 Å². The molecular weight excluding hydrogens is 896 g/mol. The van der Waals surface area contributed by atoms with E-state index in [0.717, 1.165) is 5.33 Å². The van der Waals surface area contributed by atoms with Crippen molar-refractivity contribution in [3.8, 4) is 5.88 Å². The molecule has 0 aromatic carbocycles. The van der Waals surface area contributed by atoms with Gasteiger partial charge >= 0.3 is 0 Å². The third kappa shape index (κ3) is 16.8. The normalized spacial score (nSPS) is 14.1. The Morgan fingerprint density at radius 2 is 1.12 bits per heavy atom. The Morgan fingerprint density at radius 3 is 1.50 bits per heavy atom. The van der Waals surface area contributed by atoms with Crippen LogP contribution in [0.3, 0.4) is 0 Å². The summed E-state index contributed by atoms with van der Waals surface area (Å²) in [6.45, 7) is 29.5. The van der Waals surface area contributed by atoms with E-state index in [4.69, 9.17) is 23.7 Å². The molecular formula is C38H55Ar4BrN4O9. The van der Waals surface area contributed by atoms with Crippen molar-refractivity contribution in [3.63, 3.8) is 0 Å². The fourth-order valence-electron chi connectivity index (χ4n) is 5.51. The van der Waals surface area contributed by atoms with E-state index < -0.39 is 6.29 Å². The number of aromatic hydroxyl groups is 1. The minimum atomic E-state index is -0.578. The van der Waals surface area contributed by atoms with Crippen molar-refractivity contribution < 1.29 is 194 Å². The number of fused-ring (bicyclic) bond motifs is 2. The number of H-pyrrole nitrogens is 1. The number of hydrogen-bond donors (Lipinski definition) is 2. The number of carbonyl (C=O) groups excluding carboxylic acids is 3. The number of aromatic nitrogens is 1. The molecule has 0 saturated heterocycles. The molecule has 0 radical (unpaired) electrons. The van der Waals surface area contributed by atoms with E-state index in [1.54, 1.807) is 11.0 Å². The van der Waals surface area contributed by atoms with Gasteiger partial charge in [0.15, 0.2) is 18.5 Å². The Balaban J connectivity index is -0.000000406. The maximum Gasteiger partial charge on any atom is 0.280 e. The van der Waals surface area contributed by atoms with E-state index in [0.29, 0.717) is 84.7 Å². The second kappa shape index (κ2) is 33.7. The van der Waals surface area contributed by atoms with Crippen LogP contribution in [0.4, 0.5) is 0 Å². The molecule has 3 amide bonds. The average molecular weight is 952 g/mol. The van der Waals surface area contributed by atoms with Gasteiger partial charge in [-0.05, 0) is 65.8 Å². The zero-order chi connectivity index (χ0) is 38.2. The van der Waals surface area contributed by atoms with Crippen LogP contribution in [0.2, 0.25) is 0 Å². The van der Waals surface area contributed by atoms with Crippen LogP contribution in [0.15, 0.2) is 72.1 Å². The van der Waals surface area contributed by atoms with Gasteiger partial charge in [-0.1, -0.05) is 49.7 Å². The van der Waals surface area contributed by atoms with Crippen LogP contribution in [-0.4, -0.2) is 113 Å². The molecule has 0 fully saturated rings. The first-order valence-electron chi connectivity index (χ1n) is 16.8. The van der Waals surface area contributed by atoms with Crippen LogP contribution in [0.5, 0.6) is 5.88 Å². The number of aliphatic imine (C=N–C) groups is 1. The number of halogens is 1. The number of nitrogens with zero attached hydrogens (tertiary/aromatic N) is 3. The summed E-state index contributed by atoms with van der Waals surface area (Å²) in [6, 6.07) is 0. The first-order chi connectivity index (χ1) is 24.5. The molecule has 1 aromatic rings. The molecule has 320 valence electrons. The molecule has 2 N–H and O–H groups in total. The fraction of sp³-hybridized carbons (Fsp3) is 0.474. The molecule has 0 bridgehead atoms. The van der Waals surface area contributed by atoms with Gasteiger partial charge in [0.2, 0.25) is 0 Å². The first kappa shape index (κ1) is 63.8. The number of aromatic amines is 1. The Bertz CT molecular complexity index is 1550. The number of nitrogens with one attached hydrogen (secondary N) is 1. The van der Waals surface area contributed by atoms with Crippen molar-refractivity contribution in [3.05, 3.63) is 83.9 Å². The molecule has 56 heavy (non-hydrogen) atoms. The number of alkyl halides is 1. The summed E-state index contributed by atoms with van der Waals surface area (Å²) >= 11 is 3.27. The summed E-state index contributed by atoms with van der Waals surface area (Å²) in [6.07, 6.45) is 5.17. The minimum absolute atomic E-state index is 0. The van der Waals surface area contributed by atoms with E-state index >= 15 is 0 Å². The van der Waals surface area contributed by atoms with E-state index in [1.165, 1.54) is 23.1 Å². The summed E-state index contributed by atoms with van der Waals surface area (Å²) in [7, 11) is 0. The SMILES string of the molecule is C.C=CC1=C2C(=O)N(CC(OCC)OCC)C(C=C)=C2C(=O)N1CC(C)OCC.C=CC1=NC(=O)c2c(C=C)[nH]c(O)c21.CCOC(CBr)OCC.[Ar].[Ar].[Ar].[Ar]. The fourth-order valence-corrected chi connectivity index (χ4v) is 5.89. The predicted molar refractivity (Wildman–Crippen MR) is 207 cm³/mol. The zero-order valence-corrected chi connectivity index (χ0v) is 36.3. The number of carbonyl (C=O) groups is 3. The predicted octanol–water partition coefficient (Wildman–Crippen LogP) is 6.28. The van der Waals surface area contributed by atoms with Gasteiger partial charge in [-0.25, -0.2) is 4.99 Å². The molecule has 1 atom stereocenters. The second-order valence-corrected chi connectivity index (χ2v) is 11.4. The molecule has 3 aliphatic heterocycles. The molecule has 4 rings (SSSR count). The summed E-state index contributed by atoms with van der Waals surface area (Å²) in [4.78, 5) is 47.2. The number of amides is 3. The topological polar surface area (TPSA) is 152 Å². The van der Waals surface area contributed by atoms with Gasteiger partial charge in [0, 0.05) is 184 Å². The number of allylic oxidation sites excluding steroid dienone is 3.